The van der Waals surface area contributed by atoms with Crippen molar-refractivity contribution >= 4 is 0 Å². The predicted octanol–water partition coefficient (Wildman–Crippen LogP) is 4.65. The number of hydrogen-bond acceptors (Lipinski definition) is 3. The van der Waals surface area contributed by atoms with Gasteiger partial charge in [0, 0.05) is 12.8 Å². The Labute approximate surface area is 148 Å². The number of halogens is 8. The fraction of sp³-hybridized carbons (Fsp3) is 0.500. The first-order chi connectivity index (χ1) is 12.1. The molecule has 0 spiro atoms. The Morgan fingerprint density at radius 3 is 1.70 bits per heavy atom. The molecule has 0 bridgehead atoms. The minimum absolute atomic E-state index is 0.131. The summed E-state index contributed by atoms with van der Waals surface area (Å²) in [6, 6.07) is 3.40. The molecule has 1 unspecified atom stereocenters. The van der Waals surface area contributed by atoms with E-state index in [4.69, 9.17) is 10.5 Å². The largest absolute Gasteiger partial charge is 0.421 e. The van der Waals surface area contributed by atoms with Crippen molar-refractivity contribution in [2.45, 2.75) is 44.1 Å². The molecule has 1 aromatic carbocycles. The van der Waals surface area contributed by atoms with Crippen molar-refractivity contribution in [2.75, 3.05) is 0 Å². The van der Waals surface area contributed by atoms with Gasteiger partial charge in [0.25, 0.3) is 0 Å². The second-order valence-corrected chi connectivity index (χ2v) is 6.10. The first-order valence-electron chi connectivity index (χ1n) is 7.25. The maximum atomic E-state index is 14.0. The number of hydrogen-bond donors (Lipinski definition) is 1. The molecule has 1 N–H and O–H groups in total. The molecule has 0 radical (unpaired) electrons. The molecule has 0 fully saturated rings. The van der Waals surface area contributed by atoms with Crippen LogP contribution in [0.15, 0.2) is 12.1 Å². The molecule has 1 atom stereocenters. The summed E-state index contributed by atoms with van der Waals surface area (Å²) < 4.78 is 104. The summed E-state index contributed by atoms with van der Waals surface area (Å²) in [7, 11) is 0. The first kappa shape index (κ1) is 22.6. The van der Waals surface area contributed by atoms with Gasteiger partial charge in [0.2, 0.25) is 0 Å². The number of benzene rings is 1. The first-order valence-corrected chi connectivity index (χ1v) is 7.25. The number of nitriles is 2. The van der Waals surface area contributed by atoms with Crippen LogP contribution >= 0.6 is 0 Å². The van der Waals surface area contributed by atoms with Crippen LogP contribution in [0, 0.1) is 39.7 Å². The number of aliphatic hydroxyl groups is 1. The average molecular weight is 400 g/mol. The van der Waals surface area contributed by atoms with E-state index < -0.39 is 65.4 Å². The Kier molecular flexibility index (Phi) is 6.13. The van der Waals surface area contributed by atoms with E-state index in [1.54, 1.807) is 0 Å². The summed E-state index contributed by atoms with van der Waals surface area (Å²) >= 11 is 0. The normalized spacial score (nSPS) is 15.0. The van der Waals surface area contributed by atoms with Crippen LogP contribution in [0.5, 0.6) is 0 Å². The highest BCUT2D eigenvalue weighted by molar-refractivity contribution is 5.34. The molecule has 0 saturated heterocycles. The highest BCUT2D eigenvalue weighted by Gasteiger charge is 2.54. The lowest BCUT2D eigenvalue weighted by Crippen LogP contribution is -2.41. The van der Waals surface area contributed by atoms with Gasteiger partial charge in [-0.15, -0.1) is 0 Å². The summed E-state index contributed by atoms with van der Waals surface area (Å²) in [4.78, 5) is 0. The van der Waals surface area contributed by atoms with E-state index in [1.807, 2.05) is 0 Å². The van der Waals surface area contributed by atoms with Crippen LogP contribution in [-0.4, -0.2) is 17.5 Å². The van der Waals surface area contributed by atoms with E-state index in [0.717, 1.165) is 0 Å². The Hall–Kier alpha value is -2.40. The molecule has 148 valence electrons. The Morgan fingerprint density at radius 2 is 1.37 bits per heavy atom. The highest BCUT2D eigenvalue weighted by atomic mass is 19.4. The van der Waals surface area contributed by atoms with Gasteiger partial charge in [-0.1, -0.05) is 0 Å². The van der Waals surface area contributed by atoms with Crippen LogP contribution in [0.1, 0.15) is 30.9 Å². The maximum Gasteiger partial charge on any atom is 0.421 e. The smallest absolute Gasteiger partial charge is 0.376 e. The van der Waals surface area contributed by atoms with Gasteiger partial charge in [0.1, 0.15) is 17.0 Å². The van der Waals surface area contributed by atoms with E-state index in [-0.39, 0.29) is 6.92 Å². The summed E-state index contributed by atoms with van der Waals surface area (Å²) in [5, 5.41) is 27.5. The third kappa shape index (κ3) is 5.07. The minimum Gasteiger partial charge on any atom is -0.376 e. The van der Waals surface area contributed by atoms with Gasteiger partial charge in [0.15, 0.2) is 5.60 Å². The van der Waals surface area contributed by atoms with Crippen molar-refractivity contribution in [3.63, 3.8) is 0 Å². The van der Waals surface area contributed by atoms with Gasteiger partial charge >= 0.3 is 12.4 Å². The van der Waals surface area contributed by atoms with Crippen molar-refractivity contribution < 1.29 is 40.2 Å². The molecule has 27 heavy (non-hydrogen) atoms. The number of nitrogens with zero attached hydrogens (tertiary/aromatic N) is 2. The van der Waals surface area contributed by atoms with Crippen molar-refractivity contribution in [3.8, 4) is 12.1 Å². The van der Waals surface area contributed by atoms with Crippen LogP contribution in [0.2, 0.25) is 0 Å². The lowest BCUT2D eigenvalue weighted by molar-refractivity contribution is -0.260. The zero-order chi connectivity index (χ0) is 21.3. The van der Waals surface area contributed by atoms with E-state index in [0.29, 0.717) is 12.1 Å². The molecule has 11 heteroatoms. The van der Waals surface area contributed by atoms with Gasteiger partial charge in [0.05, 0.1) is 17.7 Å². The van der Waals surface area contributed by atoms with Crippen molar-refractivity contribution in [1.82, 2.24) is 0 Å². The van der Waals surface area contributed by atoms with E-state index >= 15 is 0 Å². The van der Waals surface area contributed by atoms with E-state index in [1.165, 1.54) is 12.1 Å². The van der Waals surface area contributed by atoms with Gasteiger partial charge in [-0.05, 0) is 31.0 Å². The topological polar surface area (TPSA) is 67.8 Å². The lowest BCUT2D eigenvalue weighted by atomic mass is 9.79. The Bertz CT molecular complexity index is 747. The van der Waals surface area contributed by atoms with Gasteiger partial charge < -0.3 is 5.11 Å². The summed E-state index contributed by atoms with van der Waals surface area (Å²) in [5.74, 6) is -3.62. The Morgan fingerprint density at radius 1 is 0.926 bits per heavy atom. The monoisotopic (exact) mass is 400 g/mol. The summed E-state index contributed by atoms with van der Waals surface area (Å²) in [6.45, 7) is 0.131. The summed E-state index contributed by atoms with van der Waals surface area (Å²) in [5.41, 5.74) is -8.36. The summed E-state index contributed by atoms with van der Waals surface area (Å²) in [6.07, 6.45) is -13.5. The third-order valence-corrected chi connectivity index (χ3v) is 3.91. The molecular weight excluding hydrogens is 388 g/mol. The molecule has 0 aliphatic heterocycles. The fourth-order valence-corrected chi connectivity index (χ4v) is 2.34. The highest BCUT2D eigenvalue weighted by Crippen LogP contribution is 2.41. The number of rotatable bonds is 5. The van der Waals surface area contributed by atoms with E-state index in [2.05, 4.69) is 0 Å². The molecule has 1 aromatic rings. The fourth-order valence-electron chi connectivity index (χ4n) is 2.34. The molecule has 0 heterocycles. The molecule has 3 nitrogen and oxygen atoms in total. The van der Waals surface area contributed by atoms with Crippen molar-refractivity contribution in [3.05, 3.63) is 34.9 Å². The van der Waals surface area contributed by atoms with Crippen LogP contribution < -0.4 is 0 Å². The van der Waals surface area contributed by atoms with Crippen LogP contribution in [-0.2, 0) is 12.0 Å². The van der Waals surface area contributed by atoms with Crippen LogP contribution in [0.3, 0.4) is 0 Å². The molecular formula is C16H12F8N2O. The van der Waals surface area contributed by atoms with Crippen LogP contribution in [0.25, 0.3) is 0 Å². The number of alkyl halides is 6. The molecule has 0 aliphatic carbocycles. The second kappa shape index (κ2) is 7.31. The SMILES string of the molecule is CC(O)(c1c(F)cc(CC(C#N)(C#N)CCC(F)(F)F)cc1F)C(F)(F)F. The predicted molar refractivity (Wildman–Crippen MR) is 74.6 cm³/mol. The Balaban J connectivity index is 3.31. The molecule has 0 aliphatic rings. The second-order valence-electron chi connectivity index (χ2n) is 6.10. The molecule has 0 aromatic heterocycles. The minimum atomic E-state index is -5.41. The van der Waals surface area contributed by atoms with Crippen molar-refractivity contribution in [2.24, 2.45) is 5.41 Å². The van der Waals surface area contributed by atoms with Gasteiger partial charge in [-0.25, -0.2) is 8.78 Å². The van der Waals surface area contributed by atoms with Crippen LogP contribution in [0.4, 0.5) is 35.1 Å². The van der Waals surface area contributed by atoms with Crippen molar-refractivity contribution in [1.29, 1.82) is 10.5 Å². The van der Waals surface area contributed by atoms with E-state index in [9.17, 15) is 40.2 Å². The lowest BCUT2D eigenvalue weighted by Gasteiger charge is -2.28. The van der Waals surface area contributed by atoms with Gasteiger partial charge in [-0.3, -0.25) is 0 Å². The zero-order valence-corrected chi connectivity index (χ0v) is 13.6. The maximum absolute atomic E-state index is 14.0. The average Bonchev–Trinajstić information content (AvgIpc) is 2.48. The molecule has 1 rings (SSSR count). The quantitative estimate of drug-likeness (QED) is 0.732. The zero-order valence-electron chi connectivity index (χ0n) is 13.6. The third-order valence-electron chi connectivity index (χ3n) is 3.91. The molecule has 0 amide bonds. The standard InChI is InChI=1S/C16H12F8N2O/c1-13(27,16(22,23)24)12-10(17)4-9(5-11(12)18)6-14(7-25,8-26)2-3-15(19,20)21/h4-5,27H,2-3,6H2,1H3. The van der Waals surface area contributed by atoms with Gasteiger partial charge in [-0.2, -0.15) is 36.9 Å². The molecule has 0 saturated carbocycles.